The highest BCUT2D eigenvalue weighted by Crippen LogP contribution is 2.30. The topological polar surface area (TPSA) is 55.6 Å². The zero-order valence-corrected chi connectivity index (χ0v) is 12.6. The van der Waals surface area contributed by atoms with Crippen LogP contribution in [0.5, 0.6) is 0 Å². The van der Waals surface area contributed by atoms with Crippen LogP contribution in [0, 0.1) is 5.92 Å². The summed E-state index contributed by atoms with van der Waals surface area (Å²) in [4.78, 5) is 14.1. The number of rotatable bonds is 7. The summed E-state index contributed by atoms with van der Waals surface area (Å²) < 4.78 is 4.86. The molecule has 1 aliphatic rings. The minimum atomic E-state index is -0.0684. The zero-order chi connectivity index (χ0) is 14.1. The molecule has 4 heteroatoms. The third kappa shape index (κ3) is 5.49. The van der Waals surface area contributed by atoms with Crippen molar-refractivity contribution in [3.63, 3.8) is 0 Å². The number of nitrogens with zero attached hydrogens (tertiary/aromatic N) is 1. The second kappa shape index (κ2) is 9.32. The van der Waals surface area contributed by atoms with E-state index in [1.807, 2.05) is 0 Å². The summed E-state index contributed by atoms with van der Waals surface area (Å²) >= 11 is 0. The fraction of sp³-hybridized carbons (Fsp3) is 0.933. The number of hydrogen-bond donors (Lipinski definition) is 1. The van der Waals surface area contributed by atoms with E-state index in [0.717, 1.165) is 25.9 Å². The van der Waals surface area contributed by atoms with E-state index in [-0.39, 0.29) is 5.97 Å². The third-order valence-electron chi connectivity index (χ3n) is 4.17. The van der Waals surface area contributed by atoms with E-state index < -0.39 is 0 Å². The van der Waals surface area contributed by atoms with Crippen molar-refractivity contribution in [2.24, 2.45) is 11.7 Å². The van der Waals surface area contributed by atoms with Crippen molar-refractivity contribution in [1.29, 1.82) is 0 Å². The number of hydrogen-bond acceptors (Lipinski definition) is 4. The molecule has 1 fully saturated rings. The lowest BCUT2D eigenvalue weighted by Crippen LogP contribution is -2.44. The van der Waals surface area contributed by atoms with Crippen LogP contribution in [-0.2, 0) is 9.53 Å². The Bertz CT molecular complexity index is 253. The summed E-state index contributed by atoms with van der Waals surface area (Å²) in [6.07, 6.45) is 7.84. The van der Waals surface area contributed by atoms with E-state index in [2.05, 4.69) is 11.8 Å². The Morgan fingerprint density at radius 1 is 1.26 bits per heavy atom. The number of ether oxygens (including phenoxy) is 1. The van der Waals surface area contributed by atoms with Crippen LogP contribution in [0.4, 0.5) is 0 Å². The van der Waals surface area contributed by atoms with Crippen LogP contribution in [-0.4, -0.2) is 43.7 Å². The fourth-order valence-electron chi connectivity index (χ4n) is 3.28. The molecule has 1 aliphatic carbocycles. The Morgan fingerprint density at radius 2 is 2.00 bits per heavy atom. The van der Waals surface area contributed by atoms with Crippen LogP contribution >= 0.6 is 0 Å². The van der Waals surface area contributed by atoms with Crippen molar-refractivity contribution >= 4 is 5.97 Å². The number of carbonyl (C=O) groups excluding carboxylic acids is 1. The van der Waals surface area contributed by atoms with Crippen LogP contribution in [0.2, 0.25) is 0 Å². The maximum Gasteiger partial charge on any atom is 0.305 e. The number of carbonyl (C=O) groups is 1. The molecule has 2 N–H and O–H groups in total. The predicted octanol–water partition coefficient (Wildman–Crippen LogP) is 2.17. The Hall–Kier alpha value is -0.610. The van der Waals surface area contributed by atoms with Gasteiger partial charge in [-0.05, 0) is 31.7 Å². The van der Waals surface area contributed by atoms with Gasteiger partial charge in [0.25, 0.3) is 0 Å². The lowest BCUT2D eigenvalue weighted by atomic mass is 9.90. The average molecular weight is 270 g/mol. The molecule has 0 aromatic heterocycles. The Balaban J connectivity index is 2.71. The minimum absolute atomic E-state index is 0.0684. The third-order valence-corrected chi connectivity index (χ3v) is 4.17. The summed E-state index contributed by atoms with van der Waals surface area (Å²) in [7, 11) is 1.48. The Labute approximate surface area is 117 Å². The van der Waals surface area contributed by atoms with Crippen LogP contribution in [0.3, 0.4) is 0 Å². The summed E-state index contributed by atoms with van der Waals surface area (Å²) in [5.74, 6) is 0.370. The van der Waals surface area contributed by atoms with Gasteiger partial charge in [-0.15, -0.1) is 0 Å². The molecular weight excluding hydrogens is 240 g/mol. The monoisotopic (exact) mass is 270 g/mol. The standard InChI is InChI=1S/C15H30N2O2/c1-3-10-17(11-9-16)14-8-6-4-5-7-13(14)12-15(18)19-2/h13-14H,3-12,16H2,1-2H3. The first-order chi connectivity index (χ1) is 9.22. The molecule has 0 amide bonds. The lowest BCUT2D eigenvalue weighted by molar-refractivity contribution is -0.142. The molecule has 0 spiro atoms. The van der Waals surface area contributed by atoms with Crippen LogP contribution in [0.25, 0.3) is 0 Å². The normalized spacial score (nSPS) is 24.2. The van der Waals surface area contributed by atoms with E-state index in [9.17, 15) is 4.79 Å². The highest BCUT2D eigenvalue weighted by atomic mass is 16.5. The SMILES string of the molecule is CCCN(CCN)C1CCCCCC1CC(=O)OC. The van der Waals surface area contributed by atoms with Gasteiger partial charge in [-0.3, -0.25) is 9.69 Å². The predicted molar refractivity (Wildman–Crippen MR) is 77.9 cm³/mol. The van der Waals surface area contributed by atoms with E-state index in [1.54, 1.807) is 0 Å². The molecule has 0 aliphatic heterocycles. The van der Waals surface area contributed by atoms with Crippen molar-refractivity contribution in [2.45, 2.75) is 57.9 Å². The molecule has 0 aromatic rings. The van der Waals surface area contributed by atoms with Crippen molar-refractivity contribution in [1.82, 2.24) is 4.90 Å². The fourth-order valence-corrected chi connectivity index (χ4v) is 3.28. The second-order valence-electron chi connectivity index (χ2n) is 5.57. The van der Waals surface area contributed by atoms with Crippen molar-refractivity contribution in [3.8, 4) is 0 Å². The van der Waals surface area contributed by atoms with Gasteiger partial charge in [0.2, 0.25) is 0 Å². The first kappa shape index (κ1) is 16.4. The van der Waals surface area contributed by atoms with E-state index >= 15 is 0 Å². The summed E-state index contributed by atoms with van der Waals surface area (Å²) in [6.45, 7) is 4.92. The smallest absolute Gasteiger partial charge is 0.305 e. The molecule has 0 saturated heterocycles. The van der Waals surface area contributed by atoms with Crippen LogP contribution in [0.15, 0.2) is 0 Å². The summed E-state index contributed by atoms with van der Waals surface area (Å²) in [6, 6.07) is 0.505. The maximum atomic E-state index is 11.6. The molecule has 2 atom stereocenters. The van der Waals surface area contributed by atoms with Gasteiger partial charge < -0.3 is 10.5 Å². The van der Waals surface area contributed by atoms with Gasteiger partial charge in [0.1, 0.15) is 0 Å². The van der Waals surface area contributed by atoms with Crippen LogP contribution in [0.1, 0.15) is 51.9 Å². The summed E-state index contributed by atoms with van der Waals surface area (Å²) in [5.41, 5.74) is 5.75. The molecule has 2 unspecified atom stereocenters. The van der Waals surface area contributed by atoms with E-state index in [4.69, 9.17) is 10.5 Å². The molecule has 1 saturated carbocycles. The Kier molecular flexibility index (Phi) is 8.07. The van der Waals surface area contributed by atoms with Gasteiger partial charge in [-0.2, -0.15) is 0 Å². The number of methoxy groups -OCH3 is 1. The average Bonchev–Trinajstić information content (AvgIpc) is 2.64. The van der Waals surface area contributed by atoms with Gasteiger partial charge in [0, 0.05) is 25.6 Å². The molecule has 112 valence electrons. The zero-order valence-electron chi connectivity index (χ0n) is 12.6. The van der Waals surface area contributed by atoms with Gasteiger partial charge in [-0.1, -0.05) is 26.2 Å². The van der Waals surface area contributed by atoms with Crippen LogP contribution < -0.4 is 5.73 Å². The summed E-state index contributed by atoms with van der Waals surface area (Å²) in [5, 5.41) is 0. The maximum absolute atomic E-state index is 11.6. The molecule has 4 nitrogen and oxygen atoms in total. The van der Waals surface area contributed by atoms with Crippen molar-refractivity contribution in [2.75, 3.05) is 26.7 Å². The molecule has 0 bridgehead atoms. The highest BCUT2D eigenvalue weighted by molar-refractivity contribution is 5.69. The van der Waals surface area contributed by atoms with Gasteiger partial charge in [0.05, 0.1) is 7.11 Å². The first-order valence-corrected chi connectivity index (χ1v) is 7.73. The molecule has 0 heterocycles. The second-order valence-corrected chi connectivity index (χ2v) is 5.57. The minimum Gasteiger partial charge on any atom is -0.469 e. The van der Waals surface area contributed by atoms with Gasteiger partial charge in [-0.25, -0.2) is 0 Å². The molecule has 1 rings (SSSR count). The number of esters is 1. The highest BCUT2D eigenvalue weighted by Gasteiger charge is 2.30. The largest absolute Gasteiger partial charge is 0.469 e. The quantitative estimate of drug-likeness (QED) is 0.569. The number of nitrogens with two attached hydrogens (primary N) is 1. The molecule has 0 aromatic carbocycles. The first-order valence-electron chi connectivity index (χ1n) is 7.73. The molecule has 19 heavy (non-hydrogen) atoms. The van der Waals surface area contributed by atoms with Gasteiger partial charge in [0.15, 0.2) is 0 Å². The van der Waals surface area contributed by atoms with E-state index in [0.29, 0.717) is 24.9 Å². The van der Waals surface area contributed by atoms with Gasteiger partial charge >= 0.3 is 5.97 Å². The Morgan fingerprint density at radius 3 is 2.63 bits per heavy atom. The van der Waals surface area contributed by atoms with Crippen molar-refractivity contribution < 1.29 is 9.53 Å². The molecule has 0 radical (unpaired) electrons. The lowest BCUT2D eigenvalue weighted by Gasteiger charge is -2.35. The van der Waals surface area contributed by atoms with Crippen molar-refractivity contribution in [3.05, 3.63) is 0 Å². The van der Waals surface area contributed by atoms with E-state index in [1.165, 1.54) is 32.8 Å². The molecular formula is C15H30N2O2.